The van der Waals surface area contributed by atoms with E-state index in [9.17, 15) is 9.59 Å². The molecule has 1 aromatic heterocycles. The number of hydrogen-bond donors (Lipinski definition) is 1. The van der Waals surface area contributed by atoms with Gasteiger partial charge in [0, 0.05) is 23.6 Å². The smallest absolute Gasteiger partial charge is 0.290 e. The standard InChI is InChI=1S/C20H16N2O2S/c1-13-4-2-5-14(10-13)12-22-9-8-16-15(6-3-7-17(16)22)11-18-19(23)21-20(24)25-18/h2-11H,12H2,1H3,(H,21,23,24). The highest BCUT2D eigenvalue weighted by atomic mass is 32.2. The molecule has 2 heterocycles. The molecule has 1 aliphatic heterocycles. The van der Waals surface area contributed by atoms with Gasteiger partial charge in [0.2, 0.25) is 0 Å². The third-order valence-corrected chi connectivity index (χ3v) is 5.02. The van der Waals surface area contributed by atoms with Crippen molar-refractivity contribution < 1.29 is 9.59 Å². The van der Waals surface area contributed by atoms with E-state index in [0.29, 0.717) is 4.91 Å². The van der Waals surface area contributed by atoms with Crippen molar-refractivity contribution >= 4 is 39.9 Å². The molecule has 1 saturated heterocycles. The topological polar surface area (TPSA) is 51.1 Å². The van der Waals surface area contributed by atoms with E-state index in [1.807, 2.05) is 12.1 Å². The molecule has 0 radical (unpaired) electrons. The van der Waals surface area contributed by atoms with Crippen LogP contribution in [0.1, 0.15) is 16.7 Å². The van der Waals surface area contributed by atoms with Crippen molar-refractivity contribution in [3.05, 3.63) is 76.3 Å². The molecule has 0 aliphatic carbocycles. The number of rotatable bonds is 3. The number of aryl methyl sites for hydroxylation is 1. The van der Waals surface area contributed by atoms with Crippen LogP contribution in [-0.2, 0) is 11.3 Å². The van der Waals surface area contributed by atoms with Gasteiger partial charge in [-0.3, -0.25) is 14.9 Å². The van der Waals surface area contributed by atoms with Crippen LogP contribution in [-0.4, -0.2) is 15.7 Å². The molecule has 2 amide bonds. The number of carbonyl (C=O) groups excluding carboxylic acids is 2. The zero-order valence-electron chi connectivity index (χ0n) is 13.7. The van der Waals surface area contributed by atoms with E-state index in [4.69, 9.17) is 0 Å². The first-order valence-corrected chi connectivity index (χ1v) is 8.80. The quantitative estimate of drug-likeness (QED) is 0.717. The van der Waals surface area contributed by atoms with E-state index in [1.165, 1.54) is 11.1 Å². The fourth-order valence-corrected chi connectivity index (χ4v) is 3.75. The highest BCUT2D eigenvalue weighted by Gasteiger charge is 2.25. The van der Waals surface area contributed by atoms with Crippen molar-refractivity contribution in [3.63, 3.8) is 0 Å². The summed E-state index contributed by atoms with van der Waals surface area (Å²) in [5, 5.41) is 3.04. The van der Waals surface area contributed by atoms with Gasteiger partial charge in [-0.15, -0.1) is 0 Å². The molecule has 0 spiro atoms. The molecule has 3 aromatic rings. The molecule has 1 N–H and O–H groups in total. The summed E-state index contributed by atoms with van der Waals surface area (Å²) in [7, 11) is 0. The van der Waals surface area contributed by atoms with E-state index >= 15 is 0 Å². The Kier molecular flexibility index (Phi) is 3.93. The molecule has 1 fully saturated rings. The number of nitrogens with zero attached hydrogens (tertiary/aromatic N) is 1. The zero-order valence-corrected chi connectivity index (χ0v) is 14.5. The van der Waals surface area contributed by atoms with Gasteiger partial charge in [-0.05, 0) is 48.0 Å². The van der Waals surface area contributed by atoms with Crippen LogP contribution in [0.15, 0.2) is 59.6 Å². The Bertz CT molecular complexity index is 1030. The minimum atomic E-state index is -0.328. The lowest BCUT2D eigenvalue weighted by Gasteiger charge is -2.07. The second kappa shape index (κ2) is 6.26. The maximum Gasteiger partial charge on any atom is 0.290 e. The predicted octanol–water partition coefficient (Wildman–Crippen LogP) is 4.32. The molecule has 0 unspecified atom stereocenters. The van der Waals surface area contributed by atoms with Crippen molar-refractivity contribution in [2.24, 2.45) is 0 Å². The van der Waals surface area contributed by atoms with E-state index in [1.54, 1.807) is 6.08 Å². The Balaban J connectivity index is 1.72. The lowest BCUT2D eigenvalue weighted by molar-refractivity contribution is -0.115. The van der Waals surface area contributed by atoms with Crippen LogP contribution in [0.4, 0.5) is 4.79 Å². The Morgan fingerprint density at radius 2 is 1.96 bits per heavy atom. The lowest BCUT2D eigenvalue weighted by Crippen LogP contribution is -2.17. The van der Waals surface area contributed by atoms with Crippen molar-refractivity contribution in [2.75, 3.05) is 0 Å². The molecule has 0 saturated carbocycles. The van der Waals surface area contributed by atoms with Gasteiger partial charge in [0.05, 0.1) is 4.91 Å². The number of thioether (sulfide) groups is 1. The molecule has 2 aromatic carbocycles. The molecule has 1 aliphatic rings. The summed E-state index contributed by atoms with van der Waals surface area (Å²) in [6.07, 6.45) is 3.84. The van der Waals surface area contributed by atoms with Crippen LogP contribution in [0.5, 0.6) is 0 Å². The van der Waals surface area contributed by atoms with Crippen LogP contribution in [0.3, 0.4) is 0 Å². The van der Waals surface area contributed by atoms with Gasteiger partial charge < -0.3 is 4.57 Å². The summed E-state index contributed by atoms with van der Waals surface area (Å²) in [6.45, 7) is 2.88. The number of amides is 2. The van der Waals surface area contributed by atoms with E-state index in [-0.39, 0.29) is 11.1 Å². The zero-order chi connectivity index (χ0) is 17.4. The Morgan fingerprint density at radius 3 is 2.72 bits per heavy atom. The average Bonchev–Trinajstić information content (AvgIpc) is 3.12. The summed E-state index contributed by atoms with van der Waals surface area (Å²) in [6, 6.07) is 16.5. The molecule has 124 valence electrons. The second-order valence-corrected chi connectivity index (χ2v) is 7.08. The predicted molar refractivity (Wildman–Crippen MR) is 101 cm³/mol. The third kappa shape index (κ3) is 3.10. The number of fused-ring (bicyclic) bond motifs is 1. The molecular weight excluding hydrogens is 332 g/mol. The van der Waals surface area contributed by atoms with Crippen LogP contribution >= 0.6 is 11.8 Å². The van der Waals surface area contributed by atoms with Crippen molar-refractivity contribution in [1.29, 1.82) is 0 Å². The Labute approximate surface area is 149 Å². The van der Waals surface area contributed by atoms with Crippen molar-refractivity contribution in [1.82, 2.24) is 9.88 Å². The fraction of sp³-hybridized carbons (Fsp3) is 0.100. The molecule has 4 rings (SSSR count). The van der Waals surface area contributed by atoms with Crippen molar-refractivity contribution in [3.8, 4) is 0 Å². The molecule has 5 heteroatoms. The number of carbonyl (C=O) groups is 2. The lowest BCUT2D eigenvalue weighted by atomic mass is 10.1. The van der Waals surface area contributed by atoms with E-state index in [2.05, 4.69) is 59.4 Å². The van der Waals surface area contributed by atoms with Gasteiger partial charge in [0.25, 0.3) is 11.1 Å². The number of benzene rings is 2. The van der Waals surface area contributed by atoms with E-state index < -0.39 is 0 Å². The monoisotopic (exact) mass is 348 g/mol. The summed E-state index contributed by atoms with van der Waals surface area (Å²) >= 11 is 0.943. The van der Waals surface area contributed by atoms with Gasteiger partial charge >= 0.3 is 0 Å². The van der Waals surface area contributed by atoms with Gasteiger partial charge in [0.15, 0.2) is 0 Å². The normalized spacial score (nSPS) is 16.0. The second-order valence-electron chi connectivity index (χ2n) is 6.06. The maximum absolute atomic E-state index is 11.8. The minimum absolute atomic E-state index is 0.319. The average molecular weight is 348 g/mol. The van der Waals surface area contributed by atoms with Crippen molar-refractivity contribution in [2.45, 2.75) is 13.5 Å². The SMILES string of the molecule is Cc1cccc(Cn2ccc3c(C=C4SC(=O)NC4=O)cccc32)c1. The molecule has 25 heavy (non-hydrogen) atoms. The van der Waals surface area contributed by atoms with Gasteiger partial charge in [-0.25, -0.2) is 0 Å². The number of nitrogens with one attached hydrogen (secondary N) is 1. The third-order valence-electron chi connectivity index (χ3n) is 4.21. The first kappa shape index (κ1) is 15.7. The number of hydrogen-bond acceptors (Lipinski definition) is 3. The maximum atomic E-state index is 11.8. The Hall–Kier alpha value is -2.79. The molecule has 0 atom stereocenters. The first-order chi connectivity index (χ1) is 12.1. The highest BCUT2D eigenvalue weighted by molar-refractivity contribution is 8.18. The summed E-state index contributed by atoms with van der Waals surface area (Å²) in [5.74, 6) is -0.328. The van der Waals surface area contributed by atoms with E-state index in [0.717, 1.165) is 34.8 Å². The minimum Gasteiger partial charge on any atom is -0.343 e. The fourth-order valence-electron chi connectivity index (χ4n) is 3.08. The number of aromatic nitrogens is 1. The molecular formula is C20H16N2O2S. The first-order valence-electron chi connectivity index (χ1n) is 7.98. The van der Waals surface area contributed by atoms with Gasteiger partial charge in [-0.1, -0.05) is 42.0 Å². The van der Waals surface area contributed by atoms with Crippen LogP contribution in [0.25, 0.3) is 17.0 Å². The van der Waals surface area contributed by atoms with Gasteiger partial charge in [0.1, 0.15) is 0 Å². The van der Waals surface area contributed by atoms with Crippen LogP contribution in [0.2, 0.25) is 0 Å². The Morgan fingerprint density at radius 1 is 1.12 bits per heavy atom. The summed E-state index contributed by atoms with van der Waals surface area (Å²) < 4.78 is 2.19. The summed E-state index contributed by atoms with van der Waals surface area (Å²) in [5.41, 5.74) is 4.53. The summed E-state index contributed by atoms with van der Waals surface area (Å²) in [4.78, 5) is 23.5. The van der Waals surface area contributed by atoms with Crippen LogP contribution < -0.4 is 5.32 Å². The number of imide groups is 1. The largest absolute Gasteiger partial charge is 0.343 e. The molecule has 4 nitrogen and oxygen atoms in total. The molecule has 0 bridgehead atoms. The highest BCUT2D eigenvalue weighted by Crippen LogP contribution is 2.29. The van der Waals surface area contributed by atoms with Crippen LogP contribution in [0, 0.1) is 6.92 Å². The van der Waals surface area contributed by atoms with Gasteiger partial charge in [-0.2, -0.15) is 0 Å².